The Morgan fingerprint density at radius 3 is 2.22 bits per heavy atom. The quantitative estimate of drug-likeness (QED) is 0.751. The average Bonchev–Trinajstić information content (AvgIpc) is 3.37. The van der Waals surface area contributed by atoms with Crippen molar-refractivity contribution >= 4 is 9.84 Å². The summed E-state index contributed by atoms with van der Waals surface area (Å²) in [4.78, 5) is 0.337. The largest absolute Gasteiger partial charge is 0.497 e. The van der Waals surface area contributed by atoms with Gasteiger partial charge >= 0.3 is 0 Å². The van der Waals surface area contributed by atoms with Crippen molar-refractivity contribution in [3.63, 3.8) is 0 Å². The van der Waals surface area contributed by atoms with Crippen molar-refractivity contribution in [3.8, 4) is 5.75 Å². The Bertz CT molecular complexity index is 877. The first-order chi connectivity index (χ1) is 12.9. The van der Waals surface area contributed by atoms with Crippen molar-refractivity contribution in [2.24, 2.45) is 11.1 Å². The van der Waals surface area contributed by atoms with E-state index in [0.717, 1.165) is 16.9 Å². The number of aryl methyl sites for hydroxylation is 1. The standard InChI is InChI=1S/C21H27NO4S/c1-4-26-14-21(13-22)19(16-7-9-17(25-3)10-8-16)20(21)27(23,24)18-11-5-15(2)6-12-18/h5-12,19-20H,4,13-14,22H2,1-3H3/t19-,20-,21-/m1/s1. The number of methoxy groups -OCH3 is 1. The Kier molecular flexibility index (Phi) is 5.60. The van der Waals surface area contributed by atoms with Gasteiger partial charge in [-0.3, -0.25) is 0 Å². The van der Waals surface area contributed by atoms with E-state index in [1.807, 2.05) is 50.2 Å². The second-order valence-electron chi connectivity index (χ2n) is 7.10. The Balaban J connectivity index is 2.02. The van der Waals surface area contributed by atoms with Crippen LogP contribution in [0.25, 0.3) is 0 Å². The van der Waals surface area contributed by atoms with Crippen molar-refractivity contribution in [3.05, 3.63) is 59.7 Å². The summed E-state index contributed by atoms with van der Waals surface area (Å²) in [5, 5.41) is -0.599. The van der Waals surface area contributed by atoms with Crippen molar-refractivity contribution in [1.29, 1.82) is 0 Å². The van der Waals surface area contributed by atoms with Gasteiger partial charge < -0.3 is 15.2 Å². The number of rotatable bonds is 8. The van der Waals surface area contributed by atoms with Crippen LogP contribution in [-0.2, 0) is 14.6 Å². The van der Waals surface area contributed by atoms with E-state index in [2.05, 4.69) is 0 Å². The monoisotopic (exact) mass is 389 g/mol. The second-order valence-corrected chi connectivity index (χ2v) is 9.17. The van der Waals surface area contributed by atoms with Crippen molar-refractivity contribution in [2.45, 2.75) is 29.9 Å². The molecule has 0 saturated heterocycles. The predicted molar refractivity (Wildman–Crippen MR) is 106 cm³/mol. The molecule has 27 heavy (non-hydrogen) atoms. The highest BCUT2D eigenvalue weighted by atomic mass is 32.2. The number of nitrogens with two attached hydrogens (primary N) is 1. The smallest absolute Gasteiger partial charge is 0.182 e. The SMILES string of the molecule is CCOC[C@]1(CN)[C@H](c2ccc(OC)cc2)[C@H]1S(=O)(=O)c1ccc(C)cc1. The lowest BCUT2D eigenvalue weighted by Gasteiger charge is -2.16. The molecule has 1 aliphatic carbocycles. The Morgan fingerprint density at radius 1 is 1.07 bits per heavy atom. The van der Waals surface area contributed by atoms with E-state index in [4.69, 9.17) is 15.2 Å². The maximum Gasteiger partial charge on any atom is 0.182 e. The minimum atomic E-state index is -3.54. The summed E-state index contributed by atoms with van der Waals surface area (Å²) in [6.07, 6.45) is 0. The van der Waals surface area contributed by atoms with E-state index in [1.165, 1.54) is 0 Å². The topological polar surface area (TPSA) is 78.6 Å². The predicted octanol–water partition coefficient (Wildman–Crippen LogP) is 2.92. The molecule has 5 nitrogen and oxygen atoms in total. The summed E-state index contributed by atoms with van der Waals surface area (Å²) in [5.41, 5.74) is 7.47. The second kappa shape index (κ2) is 7.62. The van der Waals surface area contributed by atoms with E-state index < -0.39 is 20.5 Å². The van der Waals surface area contributed by atoms with Crippen LogP contribution in [0, 0.1) is 12.3 Å². The van der Waals surface area contributed by atoms with Crippen molar-refractivity contribution in [2.75, 3.05) is 26.9 Å². The Hall–Kier alpha value is -1.89. The van der Waals surface area contributed by atoms with Crippen LogP contribution in [0.1, 0.15) is 24.0 Å². The maximum absolute atomic E-state index is 13.4. The number of ether oxygens (including phenoxy) is 2. The van der Waals surface area contributed by atoms with Gasteiger partial charge in [-0.1, -0.05) is 29.8 Å². The Labute approximate surface area is 161 Å². The number of sulfone groups is 1. The Morgan fingerprint density at radius 2 is 1.70 bits per heavy atom. The summed E-state index contributed by atoms with van der Waals surface area (Å²) in [6.45, 7) is 4.94. The van der Waals surface area contributed by atoms with Gasteiger partial charge in [-0.15, -0.1) is 0 Å². The van der Waals surface area contributed by atoms with Gasteiger partial charge in [0.05, 0.1) is 23.9 Å². The summed E-state index contributed by atoms with van der Waals surface area (Å²) in [5.74, 6) is 0.534. The van der Waals surface area contributed by atoms with Gasteiger partial charge in [-0.05, 0) is 43.7 Å². The van der Waals surface area contributed by atoms with Crippen LogP contribution in [-0.4, -0.2) is 40.5 Å². The summed E-state index contributed by atoms with van der Waals surface area (Å²) < 4.78 is 37.7. The third kappa shape index (κ3) is 3.49. The molecule has 0 aliphatic heterocycles. The van der Waals surface area contributed by atoms with Crippen LogP contribution < -0.4 is 10.5 Å². The molecule has 3 atom stereocenters. The van der Waals surface area contributed by atoms with Crippen LogP contribution in [0.4, 0.5) is 0 Å². The van der Waals surface area contributed by atoms with Gasteiger partial charge in [-0.2, -0.15) is 0 Å². The van der Waals surface area contributed by atoms with E-state index >= 15 is 0 Å². The molecule has 1 aliphatic rings. The molecule has 2 aromatic rings. The average molecular weight is 390 g/mol. The fraction of sp³-hybridized carbons (Fsp3) is 0.429. The minimum Gasteiger partial charge on any atom is -0.497 e. The van der Waals surface area contributed by atoms with Crippen LogP contribution in [0.15, 0.2) is 53.4 Å². The first-order valence-electron chi connectivity index (χ1n) is 9.13. The summed E-state index contributed by atoms with van der Waals surface area (Å²) in [6, 6.07) is 14.5. The maximum atomic E-state index is 13.4. The lowest BCUT2D eigenvalue weighted by molar-refractivity contribution is 0.101. The van der Waals surface area contributed by atoms with Gasteiger partial charge in [-0.25, -0.2) is 8.42 Å². The lowest BCUT2D eigenvalue weighted by atomic mass is 10.00. The zero-order valence-electron chi connectivity index (χ0n) is 16.0. The van der Waals surface area contributed by atoms with Gasteiger partial charge in [0.15, 0.2) is 9.84 Å². The fourth-order valence-corrected chi connectivity index (χ4v) is 6.35. The molecule has 0 radical (unpaired) electrons. The zero-order chi connectivity index (χ0) is 19.7. The highest BCUT2D eigenvalue weighted by molar-refractivity contribution is 7.92. The molecule has 1 saturated carbocycles. The molecule has 0 heterocycles. The van der Waals surface area contributed by atoms with E-state index in [0.29, 0.717) is 18.1 Å². The normalized spacial score (nSPS) is 24.6. The minimum absolute atomic E-state index is 0.203. The molecular weight excluding hydrogens is 362 g/mol. The summed E-state index contributed by atoms with van der Waals surface area (Å²) >= 11 is 0. The molecule has 146 valence electrons. The van der Waals surface area contributed by atoms with Gasteiger partial charge in [0, 0.05) is 24.5 Å². The molecular formula is C21H27NO4S. The molecule has 0 unspecified atom stereocenters. The highest BCUT2D eigenvalue weighted by Crippen LogP contribution is 2.63. The van der Waals surface area contributed by atoms with E-state index in [9.17, 15) is 8.42 Å². The number of hydrogen-bond acceptors (Lipinski definition) is 5. The molecule has 0 amide bonds. The molecule has 0 aromatic heterocycles. The van der Waals surface area contributed by atoms with Crippen LogP contribution in [0.3, 0.4) is 0 Å². The fourth-order valence-electron chi connectivity index (χ4n) is 3.90. The number of hydrogen-bond donors (Lipinski definition) is 1. The third-order valence-corrected chi connectivity index (χ3v) is 7.83. The molecule has 6 heteroatoms. The summed E-state index contributed by atoms with van der Waals surface area (Å²) in [7, 11) is -1.93. The van der Waals surface area contributed by atoms with Crippen LogP contribution in [0.5, 0.6) is 5.75 Å². The first kappa shape index (κ1) is 19.9. The van der Waals surface area contributed by atoms with Crippen molar-refractivity contribution < 1.29 is 17.9 Å². The van der Waals surface area contributed by atoms with Crippen LogP contribution in [0.2, 0.25) is 0 Å². The first-order valence-corrected chi connectivity index (χ1v) is 10.7. The highest BCUT2D eigenvalue weighted by Gasteiger charge is 2.70. The van der Waals surface area contributed by atoms with Crippen LogP contribution >= 0.6 is 0 Å². The molecule has 0 spiro atoms. The third-order valence-electron chi connectivity index (χ3n) is 5.49. The molecule has 0 bridgehead atoms. The van der Waals surface area contributed by atoms with Gasteiger partial charge in [0.2, 0.25) is 0 Å². The molecule has 2 N–H and O–H groups in total. The number of benzene rings is 2. The molecule has 1 fully saturated rings. The van der Waals surface area contributed by atoms with Crippen molar-refractivity contribution in [1.82, 2.24) is 0 Å². The zero-order valence-corrected chi connectivity index (χ0v) is 16.8. The van der Waals surface area contributed by atoms with E-state index in [1.54, 1.807) is 19.2 Å². The van der Waals surface area contributed by atoms with Gasteiger partial charge in [0.1, 0.15) is 5.75 Å². The van der Waals surface area contributed by atoms with Gasteiger partial charge in [0.25, 0.3) is 0 Å². The lowest BCUT2D eigenvalue weighted by Crippen LogP contribution is -2.29. The molecule has 3 rings (SSSR count). The molecule has 2 aromatic carbocycles. The van der Waals surface area contributed by atoms with E-state index in [-0.39, 0.29) is 12.5 Å².